The number of carbonyl (C=O) groups is 2. The van der Waals surface area contributed by atoms with Crippen molar-refractivity contribution in [1.82, 2.24) is 0 Å². The summed E-state index contributed by atoms with van der Waals surface area (Å²) in [4.78, 5) is 25.8. The van der Waals surface area contributed by atoms with Gasteiger partial charge in [-0.05, 0) is 54.2 Å². The second kappa shape index (κ2) is 8.51. The van der Waals surface area contributed by atoms with Gasteiger partial charge in [0.15, 0.2) is 0 Å². The molecule has 0 atom stereocenters. The number of imide groups is 1. The first-order valence-corrected chi connectivity index (χ1v) is 10.7. The maximum atomic E-state index is 13.2. The summed E-state index contributed by atoms with van der Waals surface area (Å²) in [6.07, 6.45) is -3.42. The number of halogens is 6. The van der Waals surface area contributed by atoms with Gasteiger partial charge in [-0.3, -0.25) is 9.59 Å². The third-order valence-electron chi connectivity index (χ3n) is 4.42. The number of alkyl halides is 3. The van der Waals surface area contributed by atoms with Gasteiger partial charge in [0.2, 0.25) is 0 Å². The lowest BCUT2D eigenvalue weighted by atomic mass is 10.1. The van der Waals surface area contributed by atoms with Crippen LogP contribution in [0.2, 0.25) is 15.1 Å². The Balaban J connectivity index is 1.65. The Labute approximate surface area is 198 Å². The molecule has 0 saturated carbocycles. The lowest BCUT2D eigenvalue weighted by molar-refractivity contribution is -0.137. The highest BCUT2D eigenvalue weighted by atomic mass is 35.5. The average molecular weight is 519 g/mol. The smallest absolute Gasteiger partial charge is 0.417 e. The minimum Gasteiger partial charge on any atom is -0.457 e. The van der Waals surface area contributed by atoms with Crippen LogP contribution in [0.1, 0.15) is 11.3 Å². The van der Waals surface area contributed by atoms with E-state index in [1.54, 1.807) is 30.3 Å². The molecule has 32 heavy (non-hydrogen) atoms. The van der Waals surface area contributed by atoms with Crippen molar-refractivity contribution in [2.75, 3.05) is 4.90 Å². The van der Waals surface area contributed by atoms with Crippen LogP contribution in [0.25, 0.3) is 17.4 Å². The van der Waals surface area contributed by atoms with E-state index in [2.05, 4.69) is 0 Å². The number of anilines is 1. The molecule has 0 unspecified atom stereocenters. The van der Waals surface area contributed by atoms with Crippen LogP contribution in [0.3, 0.4) is 0 Å². The third-order valence-corrected chi connectivity index (χ3v) is 6.25. The number of carbonyl (C=O) groups excluding carboxylic acids is 2. The van der Waals surface area contributed by atoms with Crippen molar-refractivity contribution in [3.05, 3.63) is 79.8 Å². The van der Waals surface area contributed by atoms with E-state index in [4.69, 9.17) is 39.2 Å². The minimum absolute atomic E-state index is 0.0235. The molecule has 1 aromatic heterocycles. The van der Waals surface area contributed by atoms with Crippen molar-refractivity contribution in [3.63, 3.8) is 0 Å². The summed E-state index contributed by atoms with van der Waals surface area (Å²) in [5.41, 5.74) is -0.924. The molecule has 1 saturated heterocycles. The second-order valence-corrected chi connectivity index (χ2v) is 8.69. The van der Waals surface area contributed by atoms with Gasteiger partial charge in [-0.1, -0.05) is 40.9 Å². The van der Waals surface area contributed by atoms with Crippen LogP contribution < -0.4 is 4.90 Å². The molecular formula is C21H9Cl3F3NO3S. The molecule has 0 radical (unpaired) electrons. The normalized spacial score (nSPS) is 15.8. The fourth-order valence-corrected chi connectivity index (χ4v) is 4.62. The summed E-state index contributed by atoms with van der Waals surface area (Å²) in [6.45, 7) is 0. The van der Waals surface area contributed by atoms with E-state index in [0.29, 0.717) is 44.1 Å². The Morgan fingerprint density at radius 1 is 0.938 bits per heavy atom. The Bertz CT molecular complexity index is 1270. The molecule has 1 fully saturated rings. The van der Waals surface area contributed by atoms with Gasteiger partial charge in [0, 0.05) is 6.08 Å². The molecule has 0 spiro atoms. The molecule has 0 N–H and O–H groups in total. The van der Waals surface area contributed by atoms with Crippen LogP contribution >= 0.6 is 46.6 Å². The number of hydrogen-bond acceptors (Lipinski definition) is 4. The van der Waals surface area contributed by atoms with Crippen LogP contribution in [0, 0.1) is 0 Å². The standard InChI is InChI=1S/C21H9Cl3F3NO3S/c22-13-6-4-10(8-12(13)21(25,26)27)28-19(29)17(32-20(28)30)9-11-5-7-16(31-11)18-14(23)2-1-3-15(18)24/h1-9H/b17-9+. The highest BCUT2D eigenvalue weighted by Gasteiger charge is 2.39. The van der Waals surface area contributed by atoms with Crippen LogP contribution in [-0.4, -0.2) is 11.1 Å². The molecule has 4 rings (SSSR count). The topological polar surface area (TPSA) is 50.5 Å². The molecule has 11 heteroatoms. The van der Waals surface area contributed by atoms with Gasteiger partial charge in [0.1, 0.15) is 11.5 Å². The van der Waals surface area contributed by atoms with Gasteiger partial charge < -0.3 is 4.42 Å². The fraction of sp³-hybridized carbons (Fsp3) is 0.0476. The van der Waals surface area contributed by atoms with Crippen LogP contribution in [0.4, 0.5) is 23.7 Å². The molecule has 164 valence electrons. The number of nitrogens with zero attached hydrogens (tertiary/aromatic N) is 1. The summed E-state index contributed by atoms with van der Waals surface area (Å²) in [6, 6.07) is 10.9. The van der Waals surface area contributed by atoms with Gasteiger partial charge in [-0.15, -0.1) is 0 Å². The Hall–Kier alpha value is -2.39. The quantitative estimate of drug-likeness (QED) is 0.328. The lowest BCUT2D eigenvalue weighted by Gasteiger charge is -2.16. The number of furan rings is 1. The van der Waals surface area contributed by atoms with Crippen molar-refractivity contribution in [2.24, 2.45) is 0 Å². The van der Waals surface area contributed by atoms with Crippen LogP contribution in [0.5, 0.6) is 0 Å². The monoisotopic (exact) mass is 517 g/mol. The van der Waals surface area contributed by atoms with E-state index in [1.807, 2.05) is 0 Å². The summed E-state index contributed by atoms with van der Waals surface area (Å²) in [5, 5.41) is -0.563. The van der Waals surface area contributed by atoms with Crippen molar-refractivity contribution in [1.29, 1.82) is 0 Å². The van der Waals surface area contributed by atoms with E-state index in [-0.39, 0.29) is 16.4 Å². The van der Waals surface area contributed by atoms with Crippen molar-refractivity contribution >= 4 is 69.5 Å². The average Bonchev–Trinajstić information content (AvgIpc) is 3.26. The molecule has 2 aromatic carbocycles. The Morgan fingerprint density at radius 2 is 1.62 bits per heavy atom. The third kappa shape index (κ3) is 4.28. The van der Waals surface area contributed by atoms with Crippen molar-refractivity contribution in [2.45, 2.75) is 6.18 Å². The van der Waals surface area contributed by atoms with E-state index < -0.39 is 27.9 Å². The summed E-state index contributed by atoms with van der Waals surface area (Å²) in [5.74, 6) is -0.212. The minimum atomic E-state index is -4.74. The van der Waals surface area contributed by atoms with E-state index in [0.717, 1.165) is 6.07 Å². The zero-order chi connectivity index (χ0) is 23.2. The maximum absolute atomic E-state index is 13.2. The fourth-order valence-electron chi connectivity index (χ4n) is 2.99. The number of thioether (sulfide) groups is 1. The van der Waals surface area contributed by atoms with Gasteiger partial charge in [0.05, 0.1) is 36.8 Å². The van der Waals surface area contributed by atoms with Gasteiger partial charge in [-0.25, -0.2) is 4.90 Å². The molecule has 1 aliphatic heterocycles. The van der Waals surface area contributed by atoms with Gasteiger partial charge in [0.25, 0.3) is 11.1 Å². The second-order valence-electron chi connectivity index (χ2n) is 6.48. The summed E-state index contributed by atoms with van der Waals surface area (Å²) in [7, 11) is 0. The molecule has 2 amide bonds. The van der Waals surface area contributed by atoms with Crippen LogP contribution in [-0.2, 0) is 11.0 Å². The van der Waals surface area contributed by atoms with Crippen molar-refractivity contribution < 1.29 is 27.2 Å². The largest absolute Gasteiger partial charge is 0.457 e. The number of hydrogen-bond donors (Lipinski definition) is 0. The number of amides is 2. The zero-order valence-electron chi connectivity index (χ0n) is 15.5. The molecule has 4 nitrogen and oxygen atoms in total. The lowest BCUT2D eigenvalue weighted by Crippen LogP contribution is -2.28. The molecule has 0 bridgehead atoms. The summed E-state index contributed by atoms with van der Waals surface area (Å²) < 4.78 is 45.1. The van der Waals surface area contributed by atoms with Gasteiger partial charge in [-0.2, -0.15) is 13.2 Å². The maximum Gasteiger partial charge on any atom is 0.417 e. The number of benzene rings is 2. The van der Waals surface area contributed by atoms with Crippen molar-refractivity contribution in [3.8, 4) is 11.3 Å². The first-order chi connectivity index (χ1) is 15.1. The highest BCUT2D eigenvalue weighted by molar-refractivity contribution is 8.19. The zero-order valence-corrected chi connectivity index (χ0v) is 18.6. The first kappa shape index (κ1) is 22.8. The molecular weight excluding hydrogens is 510 g/mol. The first-order valence-electron chi connectivity index (χ1n) is 8.75. The highest BCUT2D eigenvalue weighted by Crippen LogP contribution is 2.41. The predicted octanol–water partition coefficient (Wildman–Crippen LogP) is 8.17. The van der Waals surface area contributed by atoms with Crippen LogP contribution in [0.15, 0.2) is 57.9 Å². The SMILES string of the molecule is O=C1S/C(=C/c2ccc(-c3c(Cl)cccc3Cl)o2)C(=O)N1c1ccc(Cl)c(C(F)(F)F)c1. The van der Waals surface area contributed by atoms with E-state index in [9.17, 15) is 22.8 Å². The Kier molecular flexibility index (Phi) is 6.06. The summed E-state index contributed by atoms with van der Waals surface area (Å²) >= 11 is 18.5. The van der Waals surface area contributed by atoms with E-state index in [1.165, 1.54) is 12.1 Å². The Morgan fingerprint density at radius 3 is 2.28 bits per heavy atom. The molecule has 0 aliphatic carbocycles. The molecule has 3 aromatic rings. The number of rotatable bonds is 3. The van der Waals surface area contributed by atoms with E-state index >= 15 is 0 Å². The molecule has 1 aliphatic rings. The van der Waals surface area contributed by atoms with Gasteiger partial charge >= 0.3 is 6.18 Å². The molecule has 2 heterocycles. The predicted molar refractivity (Wildman–Crippen MR) is 119 cm³/mol.